The Morgan fingerprint density at radius 1 is 1.08 bits per heavy atom. The van der Waals surface area contributed by atoms with Gasteiger partial charge in [-0.2, -0.15) is 0 Å². The quantitative estimate of drug-likeness (QED) is 0.699. The van der Waals surface area contributed by atoms with Gasteiger partial charge in [-0.05, 0) is 30.8 Å². The van der Waals surface area contributed by atoms with Gasteiger partial charge in [-0.3, -0.25) is 4.90 Å². The predicted molar refractivity (Wildman–Crippen MR) is 100 cm³/mol. The molecule has 0 aromatic heterocycles. The van der Waals surface area contributed by atoms with Gasteiger partial charge < -0.3 is 9.64 Å². The van der Waals surface area contributed by atoms with Gasteiger partial charge in [-0.15, -0.1) is 0 Å². The minimum absolute atomic E-state index is 0.0842. The largest absolute Gasteiger partial charge is 0.497 e. The summed E-state index contributed by atoms with van der Waals surface area (Å²) in [6, 6.07) is 5.68. The van der Waals surface area contributed by atoms with Crippen LogP contribution in [0.15, 0.2) is 29.2 Å². The normalized spacial score (nSPS) is 27.5. The van der Waals surface area contributed by atoms with Crippen LogP contribution in [0, 0.1) is 0 Å². The number of ether oxygens (including phenoxy) is 1. The summed E-state index contributed by atoms with van der Waals surface area (Å²) in [5.41, 5.74) is 0. The Bertz CT molecular complexity index is 828. The van der Waals surface area contributed by atoms with Crippen molar-refractivity contribution in [2.24, 2.45) is 0 Å². The highest BCUT2D eigenvalue weighted by atomic mass is 32.2. The van der Waals surface area contributed by atoms with E-state index in [4.69, 9.17) is 4.74 Å². The third kappa shape index (κ3) is 3.90. The van der Waals surface area contributed by atoms with Gasteiger partial charge in [0, 0.05) is 32.2 Å². The molecule has 0 radical (unpaired) electrons. The minimum atomic E-state index is -3.74. The second-order valence-electron chi connectivity index (χ2n) is 6.87. The number of likely N-dealkylation sites (N-methyl/N-ethyl adjacent to an activating group) is 1. The van der Waals surface area contributed by atoms with Gasteiger partial charge in [0.2, 0.25) is 0 Å². The average Bonchev–Trinajstić information content (AvgIpc) is 2.98. The molecule has 1 aromatic carbocycles. The molecule has 2 saturated heterocycles. The molecule has 0 spiro atoms. The van der Waals surface area contributed by atoms with Crippen molar-refractivity contribution in [2.45, 2.75) is 23.1 Å². The first kappa shape index (κ1) is 19.6. The monoisotopic (exact) mass is 402 g/mol. The van der Waals surface area contributed by atoms with Gasteiger partial charge in [0.1, 0.15) is 5.75 Å². The molecule has 3 rings (SSSR count). The Balaban J connectivity index is 1.87. The van der Waals surface area contributed by atoms with E-state index < -0.39 is 31.0 Å². The van der Waals surface area contributed by atoms with Crippen molar-refractivity contribution in [1.29, 1.82) is 0 Å². The molecule has 0 N–H and O–H groups in total. The van der Waals surface area contributed by atoms with Crippen LogP contribution in [0.3, 0.4) is 0 Å². The van der Waals surface area contributed by atoms with Crippen molar-refractivity contribution in [2.75, 3.05) is 51.3 Å². The summed E-state index contributed by atoms with van der Waals surface area (Å²) < 4.78 is 55.9. The van der Waals surface area contributed by atoms with Crippen molar-refractivity contribution in [1.82, 2.24) is 9.80 Å². The topological polar surface area (TPSA) is 84.0 Å². The van der Waals surface area contributed by atoms with Gasteiger partial charge in [0.25, 0.3) is 0 Å². The second-order valence-corrected chi connectivity index (χ2v) is 11.2. The molecule has 146 valence electrons. The van der Waals surface area contributed by atoms with E-state index in [0.717, 1.165) is 19.6 Å². The molecule has 0 saturated carbocycles. The van der Waals surface area contributed by atoms with Crippen LogP contribution in [0.4, 0.5) is 0 Å². The highest BCUT2D eigenvalue weighted by Gasteiger charge is 2.48. The maximum atomic E-state index is 13.2. The highest BCUT2D eigenvalue weighted by Crippen LogP contribution is 2.30. The van der Waals surface area contributed by atoms with Crippen LogP contribution in [0.5, 0.6) is 5.75 Å². The molecule has 9 heteroatoms. The number of hydrogen-bond acceptors (Lipinski definition) is 7. The van der Waals surface area contributed by atoms with Crippen molar-refractivity contribution >= 4 is 19.7 Å². The van der Waals surface area contributed by atoms with Crippen molar-refractivity contribution in [3.8, 4) is 5.75 Å². The molecule has 2 heterocycles. The maximum absolute atomic E-state index is 13.2. The number of piperazine rings is 1. The molecule has 1 aromatic rings. The Kier molecular flexibility index (Phi) is 5.62. The Morgan fingerprint density at radius 3 is 2.23 bits per heavy atom. The molecule has 0 amide bonds. The summed E-state index contributed by atoms with van der Waals surface area (Å²) in [6.45, 7) is 6.10. The van der Waals surface area contributed by atoms with E-state index in [0.29, 0.717) is 18.8 Å². The van der Waals surface area contributed by atoms with Crippen molar-refractivity contribution in [3.63, 3.8) is 0 Å². The zero-order valence-electron chi connectivity index (χ0n) is 15.2. The van der Waals surface area contributed by atoms with E-state index in [2.05, 4.69) is 11.8 Å². The zero-order valence-corrected chi connectivity index (χ0v) is 16.8. The van der Waals surface area contributed by atoms with E-state index in [9.17, 15) is 16.8 Å². The molecule has 2 aliphatic rings. The van der Waals surface area contributed by atoms with E-state index >= 15 is 0 Å². The van der Waals surface area contributed by atoms with Gasteiger partial charge in [-0.25, -0.2) is 16.8 Å². The first-order chi connectivity index (χ1) is 12.3. The fourth-order valence-corrected chi connectivity index (χ4v) is 8.61. The van der Waals surface area contributed by atoms with Gasteiger partial charge in [0.15, 0.2) is 19.7 Å². The first-order valence-electron chi connectivity index (χ1n) is 8.81. The lowest BCUT2D eigenvalue weighted by Gasteiger charge is -2.38. The zero-order chi connectivity index (χ0) is 18.9. The molecule has 0 bridgehead atoms. The minimum Gasteiger partial charge on any atom is -0.497 e. The third-order valence-electron chi connectivity index (χ3n) is 5.38. The number of hydrogen-bond donors (Lipinski definition) is 0. The van der Waals surface area contributed by atoms with Gasteiger partial charge >= 0.3 is 0 Å². The molecule has 2 aliphatic heterocycles. The fraction of sp³-hybridized carbons (Fsp3) is 0.647. The molecular weight excluding hydrogens is 376 g/mol. The van der Waals surface area contributed by atoms with Crippen LogP contribution in [0.25, 0.3) is 0 Å². The number of methoxy groups -OCH3 is 1. The third-order valence-corrected chi connectivity index (χ3v) is 9.52. The number of sulfone groups is 2. The van der Waals surface area contributed by atoms with Crippen LogP contribution in [0.2, 0.25) is 0 Å². The Hall–Kier alpha value is -1.16. The van der Waals surface area contributed by atoms with Gasteiger partial charge in [0.05, 0.1) is 28.8 Å². The summed E-state index contributed by atoms with van der Waals surface area (Å²) in [4.78, 5) is 4.48. The van der Waals surface area contributed by atoms with E-state index in [1.165, 1.54) is 19.2 Å². The van der Waals surface area contributed by atoms with Crippen LogP contribution < -0.4 is 4.74 Å². The summed E-state index contributed by atoms with van der Waals surface area (Å²) in [7, 11) is -5.61. The van der Waals surface area contributed by atoms with Crippen LogP contribution in [-0.4, -0.2) is 89.3 Å². The SMILES string of the molecule is CCN1CCN([C@H]2CS(=O)(=O)C[C@@H]2S(=O)(=O)c2ccc(OC)cc2)CC1. The van der Waals surface area contributed by atoms with Crippen LogP contribution >= 0.6 is 0 Å². The summed E-state index contributed by atoms with van der Waals surface area (Å²) in [6.07, 6.45) is 0. The number of rotatable bonds is 5. The van der Waals surface area contributed by atoms with E-state index in [1.807, 2.05) is 4.90 Å². The Morgan fingerprint density at radius 2 is 1.69 bits per heavy atom. The average molecular weight is 403 g/mol. The number of benzene rings is 1. The standard InChI is InChI=1S/C17H26N2O5S2/c1-3-18-8-10-19(11-9-18)16-12-25(20,21)13-17(16)26(22,23)15-6-4-14(24-2)5-7-15/h4-7,16-17H,3,8-13H2,1-2H3/t16-,17-/m0/s1. The molecule has 7 nitrogen and oxygen atoms in total. The molecule has 26 heavy (non-hydrogen) atoms. The fourth-order valence-electron chi connectivity index (χ4n) is 3.79. The smallest absolute Gasteiger partial charge is 0.183 e. The second kappa shape index (κ2) is 7.46. The van der Waals surface area contributed by atoms with E-state index in [1.54, 1.807) is 12.1 Å². The molecule has 2 fully saturated rings. The highest BCUT2D eigenvalue weighted by molar-refractivity contribution is 7.96. The molecular formula is C17H26N2O5S2. The molecule has 0 unspecified atom stereocenters. The molecule has 2 atom stereocenters. The summed E-state index contributed by atoms with van der Waals surface area (Å²) in [5.74, 6) is 0.175. The lowest BCUT2D eigenvalue weighted by atomic mass is 10.2. The Labute approximate surface area is 155 Å². The van der Waals surface area contributed by atoms with Crippen LogP contribution in [-0.2, 0) is 19.7 Å². The number of nitrogens with zero attached hydrogens (tertiary/aromatic N) is 2. The van der Waals surface area contributed by atoms with Gasteiger partial charge in [-0.1, -0.05) is 6.92 Å². The molecule has 0 aliphatic carbocycles. The van der Waals surface area contributed by atoms with E-state index in [-0.39, 0.29) is 16.4 Å². The lowest BCUT2D eigenvalue weighted by molar-refractivity contribution is 0.109. The van der Waals surface area contributed by atoms with Crippen molar-refractivity contribution in [3.05, 3.63) is 24.3 Å². The predicted octanol–water partition coefficient (Wildman–Crippen LogP) is 0.272. The van der Waals surface area contributed by atoms with Crippen LogP contribution in [0.1, 0.15) is 6.92 Å². The maximum Gasteiger partial charge on any atom is 0.183 e. The summed E-state index contributed by atoms with van der Waals surface area (Å²) in [5, 5.41) is -0.922. The summed E-state index contributed by atoms with van der Waals surface area (Å²) >= 11 is 0. The first-order valence-corrected chi connectivity index (χ1v) is 12.2. The lowest BCUT2D eigenvalue weighted by Crippen LogP contribution is -2.54. The van der Waals surface area contributed by atoms with Crippen molar-refractivity contribution < 1.29 is 21.6 Å².